The average molecular weight is 482 g/mol. The third-order valence-electron chi connectivity index (χ3n) is 5.90. The van der Waals surface area contributed by atoms with Gasteiger partial charge in [-0.05, 0) is 41.2 Å². The third-order valence-corrected chi connectivity index (χ3v) is 7.51. The molecule has 1 aromatic carbocycles. The highest BCUT2D eigenvalue weighted by molar-refractivity contribution is 7.20. The van der Waals surface area contributed by atoms with E-state index in [1.165, 1.54) is 17.4 Å². The van der Waals surface area contributed by atoms with Crippen LogP contribution in [0.3, 0.4) is 0 Å². The molecule has 0 saturated carbocycles. The number of likely N-dealkylation sites (tertiary alicyclic amines) is 1. The summed E-state index contributed by atoms with van der Waals surface area (Å²) in [6, 6.07) is 5.36. The van der Waals surface area contributed by atoms with Crippen LogP contribution in [0, 0.1) is 0 Å². The van der Waals surface area contributed by atoms with E-state index in [1.54, 1.807) is 21.2 Å². The molecular weight excluding hydrogens is 463 g/mol. The molecule has 3 aromatic rings. The summed E-state index contributed by atoms with van der Waals surface area (Å²) in [5.41, 5.74) is -0.343. The van der Waals surface area contributed by atoms with Crippen LogP contribution in [-0.4, -0.2) is 81.4 Å². The molecule has 2 aromatic heterocycles. The molecule has 2 aliphatic heterocycles. The van der Waals surface area contributed by atoms with E-state index in [0.29, 0.717) is 59.9 Å². The Bertz CT molecular complexity index is 1150. The van der Waals surface area contributed by atoms with Crippen molar-refractivity contribution in [2.75, 3.05) is 39.3 Å². The summed E-state index contributed by atoms with van der Waals surface area (Å²) in [6.07, 6.45) is -4.41. The van der Waals surface area contributed by atoms with Crippen molar-refractivity contribution in [3.63, 3.8) is 0 Å². The first-order valence-corrected chi connectivity index (χ1v) is 11.7. The first-order chi connectivity index (χ1) is 15.3. The van der Waals surface area contributed by atoms with Gasteiger partial charge >= 0.3 is 6.18 Å². The first kappa shape index (κ1) is 21.3. The summed E-state index contributed by atoms with van der Waals surface area (Å²) in [6.45, 7) is 3.73. The molecule has 2 aliphatic rings. The van der Waals surface area contributed by atoms with Crippen LogP contribution in [0.4, 0.5) is 13.2 Å². The summed E-state index contributed by atoms with van der Waals surface area (Å²) < 4.78 is 43.2. The van der Waals surface area contributed by atoms with Crippen LogP contribution < -0.4 is 0 Å². The fraction of sp³-hybridized carbons (Fsp3) is 0.400. The number of amides is 2. The van der Waals surface area contributed by atoms with Crippen LogP contribution >= 0.6 is 22.9 Å². The van der Waals surface area contributed by atoms with Gasteiger partial charge < -0.3 is 9.80 Å². The number of hydrogen-bond donors (Lipinski definition) is 0. The molecule has 0 N–H and O–H groups in total. The van der Waals surface area contributed by atoms with Gasteiger partial charge in [-0.15, -0.1) is 16.4 Å². The van der Waals surface area contributed by atoms with Crippen LogP contribution in [0.1, 0.15) is 25.7 Å². The second kappa shape index (κ2) is 8.09. The van der Waals surface area contributed by atoms with Gasteiger partial charge in [0.15, 0.2) is 5.69 Å². The lowest BCUT2D eigenvalue weighted by Gasteiger charge is -2.47. The van der Waals surface area contributed by atoms with Crippen molar-refractivity contribution in [2.45, 2.75) is 12.2 Å². The highest BCUT2D eigenvalue weighted by Gasteiger charge is 2.38. The van der Waals surface area contributed by atoms with Gasteiger partial charge in [0.1, 0.15) is 0 Å². The topological polar surface area (TPSA) is 69.6 Å². The lowest BCUT2D eigenvalue weighted by Crippen LogP contribution is -2.64. The number of carbonyl (C=O) groups is 2. The van der Waals surface area contributed by atoms with E-state index >= 15 is 0 Å². The maximum absolute atomic E-state index is 12.9. The Kier molecular flexibility index (Phi) is 5.38. The van der Waals surface area contributed by atoms with E-state index in [2.05, 4.69) is 14.5 Å². The van der Waals surface area contributed by atoms with E-state index in [-0.39, 0.29) is 17.9 Å². The molecular formula is C20H18F3N5O2S2. The summed E-state index contributed by atoms with van der Waals surface area (Å²) in [7, 11) is 0. The zero-order valence-electron chi connectivity index (χ0n) is 16.7. The highest BCUT2D eigenvalue weighted by atomic mass is 32.1. The van der Waals surface area contributed by atoms with Crippen LogP contribution in [0.15, 0.2) is 29.6 Å². The number of piperazine rings is 1. The largest absolute Gasteiger partial charge is 0.416 e. The van der Waals surface area contributed by atoms with Crippen molar-refractivity contribution in [1.82, 2.24) is 24.3 Å². The standard InChI is InChI=1S/C20H18F3N5O2S2/c21-20(22,23)13-1-2-16-12(7-13)8-17(32-16)19(30)27-5-3-26(4-6-27)14-9-28(10-14)18(29)15-11-31-25-24-15/h1-2,7-8,11,14H,3-6,9-10H2. The van der Waals surface area contributed by atoms with Crippen LogP contribution in [0.25, 0.3) is 10.1 Å². The van der Waals surface area contributed by atoms with E-state index in [0.717, 1.165) is 23.7 Å². The number of thiophene rings is 1. The van der Waals surface area contributed by atoms with Crippen molar-refractivity contribution >= 4 is 44.8 Å². The minimum atomic E-state index is -4.41. The van der Waals surface area contributed by atoms with Crippen molar-refractivity contribution in [3.8, 4) is 0 Å². The molecule has 12 heteroatoms. The van der Waals surface area contributed by atoms with Crippen LogP contribution in [-0.2, 0) is 6.18 Å². The molecule has 5 rings (SSSR count). The van der Waals surface area contributed by atoms with Gasteiger partial charge in [0.25, 0.3) is 11.8 Å². The maximum Gasteiger partial charge on any atom is 0.416 e. The van der Waals surface area contributed by atoms with Gasteiger partial charge in [-0.25, -0.2) is 0 Å². The fourth-order valence-electron chi connectivity index (χ4n) is 4.04. The molecule has 168 valence electrons. The van der Waals surface area contributed by atoms with E-state index < -0.39 is 11.7 Å². The van der Waals surface area contributed by atoms with Gasteiger partial charge in [-0.2, -0.15) is 13.2 Å². The zero-order valence-corrected chi connectivity index (χ0v) is 18.3. The Hall–Kier alpha value is -2.57. The van der Waals surface area contributed by atoms with Crippen molar-refractivity contribution in [2.24, 2.45) is 0 Å². The predicted molar refractivity (Wildman–Crippen MR) is 114 cm³/mol. The Balaban J connectivity index is 1.17. The number of halogens is 3. The lowest BCUT2D eigenvalue weighted by molar-refractivity contribution is -0.137. The van der Waals surface area contributed by atoms with Crippen molar-refractivity contribution in [3.05, 3.63) is 45.8 Å². The molecule has 0 spiro atoms. The average Bonchev–Trinajstić information content (AvgIpc) is 3.41. The number of benzene rings is 1. The molecule has 0 unspecified atom stereocenters. The number of aromatic nitrogens is 2. The number of rotatable bonds is 3. The van der Waals surface area contributed by atoms with Crippen molar-refractivity contribution in [1.29, 1.82) is 0 Å². The second-order valence-corrected chi connectivity index (χ2v) is 9.54. The minimum Gasteiger partial charge on any atom is -0.335 e. The van der Waals surface area contributed by atoms with E-state index in [9.17, 15) is 22.8 Å². The van der Waals surface area contributed by atoms with Gasteiger partial charge in [0.2, 0.25) is 0 Å². The van der Waals surface area contributed by atoms with Gasteiger partial charge in [0, 0.05) is 55.4 Å². The zero-order chi connectivity index (χ0) is 22.5. The minimum absolute atomic E-state index is 0.109. The lowest BCUT2D eigenvalue weighted by atomic mass is 10.1. The van der Waals surface area contributed by atoms with Gasteiger partial charge in [-0.1, -0.05) is 4.49 Å². The number of alkyl halides is 3. The highest BCUT2D eigenvalue weighted by Crippen LogP contribution is 2.34. The molecule has 0 atom stereocenters. The predicted octanol–water partition coefficient (Wildman–Crippen LogP) is 3.05. The molecule has 0 bridgehead atoms. The van der Waals surface area contributed by atoms with E-state index in [4.69, 9.17) is 0 Å². The molecule has 4 heterocycles. The molecule has 7 nitrogen and oxygen atoms in total. The van der Waals surface area contributed by atoms with Crippen molar-refractivity contribution < 1.29 is 22.8 Å². The van der Waals surface area contributed by atoms with Gasteiger partial charge in [0.05, 0.1) is 10.4 Å². The molecule has 2 fully saturated rings. The molecule has 0 aliphatic carbocycles. The smallest absolute Gasteiger partial charge is 0.335 e. The first-order valence-electron chi connectivity index (χ1n) is 10.00. The Labute approximate surface area is 189 Å². The third kappa shape index (κ3) is 3.97. The molecule has 32 heavy (non-hydrogen) atoms. The Morgan fingerprint density at radius 2 is 1.75 bits per heavy atom. The summed E-state index contributed by atoms with van der Waals surface area (Å²) in [5.74, 6) is -0.261. The maximum atomic E-state index is 12.9. The number of hydrogen-bond acceptors (Lipinski definition) is 7. The molecule has 2 saturated heterocycles. The molecule has 2 amide bonds. The van der Waals surface area contributed by atoms with Crippen LogP contribution in [0.2, 0.25) is 0 Å². The molecule has 0 radical (unpaired) electrons. The van der Waals surface area contributed by atoms with Crippen LogP contribution in [0.5, 0.6) is 0 Å². The van der Waals surface area contributed by atoms with E-state index in [1.807, 2.05) is 0 Å². The Morgan fingerprint density at radius 3 is 2.41 bits per heavy atom. The Morgan fingerprint density at radius 1 is 1.00 bits per heavy atom. The fourth-order valence-corrected chi connectivity index (χ4v) is 5.48. The monoisotopic (exact) mass is 481 g/mol. The summed E-state index contributed by atoms with van der Waals surface area (Å²) in [5, 5.41) is 5.88. The summed E-state index contributed by atoms with van der Waals surface area (Å²) >= 11 is 2.36. The van der Waals surface area contributed by atoms with Gasteiger partial charge in [-0.3, -0.25) is 14.5 Å². The second-order valence-electron chi connectivity index (χ2n) is 7.84. The summed E-state index contributed by atoms with van der Waals surface area (Å²) in [4.78, 5) is 31.4. The quantitative estimate of drug-likeness (QED) is 0.575. The number of fused-ring (bicyclic) bond motifs is 1. The number of nitrogens with zero attached hydrogens (tertiary/aromatic N) is 5. The number of carbonyl (C=O) groups excluding carboxylic acids is 2. The SMILES string of the molecule is O=C(c1csnn1)N1CC(N2CCN(C(=O)c3cc4cc(C(F)(F)F)ccc4s3)CC2)C1. The normalized spacial score (nSPS) is 18.2.